The van der Waals surface area contributed by atoms with E-state index < -0.39 is 6.04 Å². The molecule has 0 spiro atoms. The fraction of sp³-hybridized carbons (Fsp3) is 0.353. The van der Waals surface area contributed by atoms with E-state index in [1.54, 1.807) is 7.11 Å². The maximum atomic E-state index is 14.2. The first kappa shape index (κ1) is 27.5. The van der Waals surface area contributed by atoms with Gasteiger partial charge in [0.1, 0.15) is 11.5 Å². The van der Waals surface area contributed by atoms with Gasteiger partial charge in [0.2, 0.25) is 5.91 Å². The second-order valence-electron chi connectivity index (χ2n) is 10.4. The number of nitrogens with zero attached hydrogens (tertiary/aromatic N) is 1. The third kappa shape index (κ3) is 5.48. The molecule has 1 aliphatic heterocycles. The summed E-state index contributed by atoms with van der Waals surface area (Å²) < 4.78 is 11.4. The molecule has 1 aliphatic carbocycles. The number of hydrogen-bond donors (Lipinski definition) is 1. The van der Waals surface area contributed by atoms with Crippen molar-refractivity contribution in [3.63, 3.8) is 0 Å². The molecule has 208 valence electrons. The van der Waals surface area contributed by atoms with Crippen molar-refractivity contribution >= 4 is 23.1 Å². The SMILES string of the molecule is CCCCCC(=O)N1c2ccccc2NC2=C(C(=O)CC(c3ccccc3OCC)C2)C1c1ccc(OC)cc1. The number of carbonyl (C=O) groups is 2. The molecule has 0 fully saturated rings. The van der Waals surface area contributed by atoms with Crippen molar-refractivity contribution in [1.82, 2.24) is 0 Å². The standard InChI is InChI=1S/C34H38N2O4/c1-4-6-7-16-32(38)36-29-14-10-9-13-27(29)35-28-21-24(26-12-8-11-15-31(26)40-5-2)22-30(37)33(28)34(36)23-17-19-25(39-3)20-18-23/h8-15,17-20,24,34-35H,4-7,16,21-22H2,1-3H3. The van der Waals surface area contributed by atoms with E-state index in [4.69, 9.17) is 9.47 Å². The zero-order chi connectivity index (χ0) is 28.1. The average molecular weight is 539 g/mol. The number of Topliss-reactive ketones (excluding diaryl/α,β-unsaturated/α-hetero) is 1. The van der Waals surface area contributed by atoms with Crippen LogP contribution in [0.2, 0.25) is 0 Å². The molecule has 1 heterocycles. The number of ketones is 1. The van der Waals surface area contributed by atoms with Gasteiger partial charge in [0, 0.05) is 30.0 Å². The highest BCUT2D eigenvalue weighted by Gasteiger charge is 2.41. The first-order valence-electron chi connectivity index (χ1n) is 14.4. The Morgan fingerprint density at radius 1 is 0.950 bits per heavy atom. The topological polar surface area (TPSA) is 67.9 Å². The first-order chi connectivity index (χ1) is 19.5. The van der Waals surface area contributed by atoms with Gasteiger partial charge in [0.15, 0.2) is 5.78 Å². The van der Waals surface area contributed by atoms with Gasteiger partial charge >= 0.3 is 0 Å². The molecule has 2 atom stereocenters. The molecule has 1 N–H and O–H groups in total. The number of ether oxygens (including phenoxy) is 2. The second kappa shape index (κ2) is 12.4. The number of methoxy groups -OCH3 is 1. The normalized spacial score (nSPS) is 18.4. The molecule has 1 amide bonds. The second-order valence-corrected chi connectivity index (χ2v) is 10.4. The van der Waals surface area contributed by atoms with E-state index in [1.807, 2.05) is 78.6 Å². The van der Waals surface area contributed by atoms with Gasteiger partial charge in [-0.05, 0) is 61.2 Å². The van der Waals surface area contributed by atoms with Crippen LogP contribution in [-0.4, -0.2) is 25.4 Å². The van der Waals surface area contributed by atoms with E-state index in [0.717, 1.165) is 59.0 Å². The van der Waals surface area contributed by atoms with Crippen molar-refractivity contribution in [3.05, 3.63) is 95.2 Å². The summed E-state index contributed by atoms with van der Waals surface area (Å²) in [5, 5.41) is 3.62. The highest BCUT2D eigenvalue weighted by molar-refractivity contribution is 6.06. The predicted molar refractivity (Wildman–Crippen MR) is 159 cm³/mol. The predicted octanol–water partition coefficient (Wildman–Crippen LogP) is 7.57. The maximum Gasteiger partial charge on any atom is 0.227 e. The summed E-state index contributed by atoms with van der Waals surface area (Å²) in [5.41, 5.74) is 5.08. The van der Waals surface area contributed by atoms with E-state index in [2.05, 4.69) is 18.3 Å². The Kier molecular flexibility index (Phi) is 8.54. The Balaban J connectivity index is 1.65. The van der Waals surface area contributed by atoms with Crippen LogP contribution in [0.4, 0.5) is 11.4 Å². The van der Waals surface area contributed by atoms with E-state index in [1.165, 1.54) is 0 Å². The number of unbranched alkanes of at least 4 members (excludes halogenated alkanes) is 2. The van der Waals surface area contributed by atoms with Crippen LogP contribution in [0.3, 0.4) is 0 Å². The zero-order valence-electron chi connectivity index (χ0n) is 23.6. The number of nitrogens with one attached hydrogen (secondary N) is 1. The molecule has 6 nitrogen and oxygen atoms in total. The number of allylic oxidation sites excluding steroid dienone is 1. The van der Waals surface area contributed by atoms with Crippen molar-refractivity contribution in [2.45, 2.75) is 64.3 Å². The number of benzene rings is 3. The quantitative estimate of drug-likeness (QED) is 0.285. The third-order valence-corrected chi connectivity index (χ3v) is 7.84. The molecule has 2 aliphatic rings. The summed E-state index contributed by atoms with van der Waals surface area (Å²) in [6.07, 6.45) is 4.25. The van der Waals surface area contributed by atoms with Gasteiger partial charge in [-0.15, -0.1) is 0 Å². The Hall–Kier alpha value is -4.06. The van der Waals surface area contributed by atoms with Crippen LogP contribution in [0.25, 0.3) is 0 Å². The number of rotatable bonds is 9. The highest BCUT2D eigenvalue weighted by Crippen LogP contribution is 2.48. The van der Waals surface area contributed by atoms with Crippen LogP contribution in [0.15, 0.2) is 84.1 Å². The maximum absolute atomic E-state index is 14.2. The number of anilines is 2. The molecule has 6 heteroatoms. The van der Waals surface area contributed by atoms with E-state index in [0.29, 0.717) is 31.4 Å². The van der Waals surface area contributed by atoms with Crippen LogP contribution in [-0.2, 0) is 9.59 Å². The summed E-state index contributed by atoms with van der Waals surface area (Å²) in [7, 11) is 1.63. The molecule has 0 aromatic heterocycles. The molecule has 40 heavy (non-hydrogen) atoms. The van der Waals surface area contributed by atoms with Crippen molar-refractivity contribution in [3.8, 4) is 11.5 Å². The minimum Gasteiger partial charge on any atom is -0.497 e. The molecule has 0 bridgehead atoms. The lowest BCUT2D eigenvalue weighted by Crippen LogP contribution is -2.38. The number of hydrogen-bond acceptors (Lipinski definition) is 5. The summed E-state index contributed by atoms with van der Waals surface area (Å²) in [6, 6.07) is 23.1. The lowest BCUT2D eigenvalue weighted by molar-refractivity contribution is -0.119. The minimum absolute atomic E-state index is 0.0221. The van der Waals surface area contributed by atoms with E-state index in [-0.39, 0.29) is 17.6 Å². The van der Waals surface area contributed by atoms with Crippen LogP contribution in [0, 0.1) is 0 Å². The van der Waals surface area contributed by atoms with Crippen molar-refractivity contribution < 1.29 is 19.1 Å². The lowest BCUT2D eigenvalue weighted by atomic mass is 9.78. The van der Waals surface area contributed by atoms with Gasteiger partial charge in [-0.2, -0.15) is 0 Å². The van der Waals surface area contributed by atoms with Gasteiger partial charge in [0.25, 0.3) is 0 Å². The molecule has 0 saturated carbocycles. The molecular weight excluding hydrogens is 500 g/mol. The molecule has 2 unspecified atom stereocenters. The van der Waals surface area contributed by atoms with E-state index in [9.17, 15) is 9.59 Å². The van der Waals surface area contributed by atoms with Gasteiger partial charge in [-0.1, -0.05) is 62.2 Å². The average Bonchev–Trinajstić information content (AvgIpc) is 3.12. The molecule has 3 aromatic rings. The van der Waals surface area contributed by atoms with Crippen molar-refractivity contribution in [2.75, 3.05) is 23.9 Å². The van der Waals surface area contributed by atoms with Crippen molar-refractivity contribution in [2.24, 2.45) is 0 Å². The molecule has 0 radical (unpaired) electrons. The lowest BCUT2D eigenvalue weighted by Gasteiger charge is -2.35. The largest absolute Gasteiger partial charge is 0.497 e. The molecule has 5 rings (SSSR count). The zero-order valence-corrected chi connectivity index (χ0v) is 23.6. The molecule has 3 aromatic carbocycles. The summed E-state index contributed by atoms with van der Waals surface area (Å²) in [6.45, 7) is 4.67. The van der Waals surface area contributed by atoms with Crippen LogP contribution >= 0.6 is 0 Å². The fourth-order valence-corrected chi connectivity index (χ4v) is 5.94. The minimum atomic E-state index is -0.540. The van der Waals surface area contributed by atoms with E-state index >= 15 is 0 Å². The van der Waals surface area contributed by atoms with Gasteiger partial charge < -0.3 is 14.8 Å². The Morgan fingerprint density at radius 3 is 2.45 bits per heavy atom. The number of carbonyl (C=O) groups excluding carboxylic acids is 2. The van der Waals surface area contributed by atoms with Crippen LogP contribution in [0.1, 0.15) is 75.5 Å². The Bertz CT molecular complexity index is 1400. The Labute approximate surface area is 237 Å². The first-order valence-corrected chi connectivity index (χ1v) is 14.4. The summed E-state index contributed by atoms with van der Waals surface area (Å²) >= 11 is 0. The monoisotopic (exact) mass is 538 g/mol. The number of fused-ring (bicyclic) bond motifs is 1. The van der Waals surface area contributed by atoms with Gasteiger partial charge in [-0.3, -0.25) is 14.5 Å². The molecule has 0 saturated heterocycles. The Morgan fingerprint density at radius 2 is 1.70 bits per heavy atom. The van der Waals surface area contributed by atoms with Crippen LogP contribution < -0.4 is 19.7 Å². The highest BCUT2D eigenvalue weighted by atomic mass is 16.5. The van der Waals surface area contributed by atoms with Crippen LogP contribution in [0.5, 0.6) is 11.5 Å². The van der Waals surface area contributed by atoms with Gasteiger partial charge in [-0.25, -0.2) is 0 Å². The van der Waals surface area contributed by atoms with Gasteiger partial charge in [0.05, 0.1) is 31.1 Å². The number of para-hydroxylation sites is 3. The third-order valence-electron chi connectivity index (χ3n) is 7.84. The number of amides is 1. The molecular formula is C34H38N2O4. The smallest absolute Gasteiger partial charge is 0.227 e. The van der Waals surface area contributed by atoms with Crippen molar-refractivity contribution in [1.29, 1.82) is 0 Å². The summed E-state index contributed by atoms with van der Waals surface area (Å²) in [4.78, 5) is 30.1. The fourth-order valence-electron chi connectivity index (χ4n) is 5.94. The summed E-state index contributed by atoms with van der Waals surface area (Å²) in [5.74, 6) is 1.59.